The lowest BCUT2D eigenvalue weighted by atomic mass is 10.2. The van der Waals surface area contributed by atoms with Crippen molar-refractivity contribution in [3.8, 4) is 16.9 Å². The number of aromatic nitrogens is 3. The van der Waals surface area contributed by atoms with E-state index >= 15 is 0 Å². The molecule has 7 heteroatoms. The van der Waals surface area contributed by atoms with Gasteiger partial charge in [-0.2, -0.15) is 0 Å². The molecule has 4 rings (SSSR count). The Morgan fingerprint density at radius 3 is 2.62 bits per heavy atom. The lowest BCUT2D eigenvalue weighted by Crippen LogP contribution is -2.12. The van der Waals surface area contributed by atoms with Gasteiger partial charge in [-0.05, 0) is 42.5 Å². The summed E-state index contributed by atoms with van der Waals surface area (Å²) in [4.78, 5) is 16.3. The van der Waals surface area contributed by atoms with E-state index in [1.54, 1.807) is 36.7 Å². The fourth-order valence-corrected chi connectivity index (χ4v) is 2.50. The number of hydrogen-bond acceptors (Lipinski definition) is 4. The zero-order valence-electron chi connectivity index (χ0n) is 13.5. The molecule has 0 unspecified atom stereocenters. The van der Waals surface area contributed by atoms with Gasteiger partial charge in [0.15, 0.2) is 0 Å². The van der Waals surface area contributed by atoms with Crippen LogP contribution in [0.2, 0.25) is 0 Å². The normalized spacial score (nSPS) is 10.7. The predicted octanol–water partition coefficient (Wildman–Crippen LogP) is 3.92. The van der Waals surface area contributed by atoms with E-state index in [1.165, 1.54) is 12.1 Å². The van der Waals surface area contributed by atoms with Gasteiger partial charge in [0.25, 0.3) is 5.91 Å². The summed E-state index contributed by atoms with van der Waals surface area (Å²) in [7, 11) is 0. The van der Waals surface area contributed by atoms with Gasteiger partial charge in [0, 0.05) is 42.1 Å². The molecule has 4 aromatic rings. The summed E-state index contributed by atoms with van der Waals surface area (Å²) in [5, 5.41) is 6.39. The molecule has 26 heavy (non-hydrogen) atoms. The van der Waals surface area contributed by atoms with Gasteiger partial charge in [0.2, 0.25) is 5.76 Å². The highest BCUT2D eigenvalue weighted by Crippen LogP contribution is 2.22. The highest BCUT2D eigenvalue weighted by molar-refractivity contribution is 6.02. The third kappa shape index (κ3) is 3.10. The first-order valence-corrected chi connectivity index (χ1v) is 7.82. The SMILES string of the molecule is O=C(Nc1cc(-n2cccc2)ccc1F)c1cc(-c2ccncc2)no1. The number of benzene rings is 1. The summed E-state index contributed by atoms with van der Waals surface area (Å²) in [6.45, 7) is 0. The van der Waals surface area contributed by atoms with Crippen molar-refractivity contribution in [2.75, 3.05) is 5.32 Å². The lowest BCUT2D eigenvalue weighted by Gasteiger charge is -2.08. The summed E-state index contributed by atoms with van der Waals surface area (Å²) in [5.41, 5.74) is 2.05. The monoisotopic (exact) mass is 348 g/mol. The van der Waals surface area contributed by atoms with Crippen molar-refractivity contribution < 1.29 is 13.7 Å². The van der Waals surface area contributed by atoms with Crippen LogP contribution in [0, 0.1) is 5.82 Å². The van der Waals surface area contributed by atoms with E-state index in [-0.39, 0.29) is 11.4 Å². The van der Waals surface area contributed by atoms with E-state index < -0.39 is 11.7 Å². The minimum absolute atomic E-state index is 0.0115. The molecule has 6 nitrogen and oxygen atoms in total. The zero-order valence-corrected chi connectivity index (χ0v) is 13.5. The fraction of sp³-hybridized carbons (Fsp3) is 0. The van der Waals surface area contributed by atoms with Crippen LogP contribution in [0.5, 0.6) is 0 Å². The second kappa shape index (κ2) is 6.64. The molecule has 128 valence electrons. The predicted molar refractivity (Wildman–Crippen MR) is 93.4 cm³/mol. The van der Waals surface area contributed by atoms with Crippen LogP contribution >= 0.6 is 0 Å². The van der Waals surface area contributed by atoms with E-state index in [0.29, 0.717) is 5.69 Å². The third-order valence-electron chi connectivity index (χ3n) is 3.81. The quantitative estimate of drug-likeness (QED) is 0.607. The molecule has 0 bridgehead atoms. The number of nitrogens with zero attached hydrogens (tertiary/aromatic N) is 3. The molecule has 0 aliphatic heterocycles. The van der Waals surface area contributed by atoms with E-state index in [1.807, 2.05) is 29.1 Å². The first kappa shape index (κ1) is 15.8. The van der Waals surface area contributed by atoms with Gasteiger partial charge >= 0.3 is 0 Å². The number of nitrogens with one attached hydrogen (secondary N) is 1. The van der Waals surface area contributed by atoms with Crippen molar-refractivity contribution in [1.82, 2.24) is 14.7 Å². The molecule has 1 amide bonds. The van der Waals surface area contributed by atoms with E-state index in [0.717, 1.165) is 11.3 Å². The molecule has 0 saturated heterocycles. The van der Waals surface area contributed by atoms with Crippen LogP contribution in [0.3, 0.4) is 0 Å². The molecule has 0 aliphatic rings. The topological polar surface area (TPSA) is 73.0 Å². The van der Waals surface area contributed by atoms with E-state index in [9.17, 15) is 9.18 Å². The molecule has 1 N–H and O–H groups in total. The Bertz CT molecular complexity index is 1040. The van der Waals surface area contributed by atoms with Crippen LogP contribution in [0.4, 0.5) is 10.1 Å². The van der Waals surface area contributed by atoms with Crippen molar-refractivity contribution in [3.05, 3.63) is 84.9 Å². The zero-order chi connectivity index (χ0) is 17.9. The average Bonchev–Trinajstić information content (AvgIpc) is 3.36. The van der Waals surface area contributed by atoms with Gasteiger partial charge in [0.05, 0.1) is 5.69 Å². The molecule has 0 radical (unpaired) electrons. The molecule has 0 spiro atoms. The van der Waals surface area contributed by atoms with Gasteiger partial charge in [-0.3, -0.25) is 9.78 Å². The second-order valence-electron chi connectivity index (χ2n) is 5.52. The van der Waals surface area contributed by atoms with Crippen molar-refractivity contribution in [1.29, 1.82) is 0 Å². The number of pyridine rings is 1. The molecule has 0 saturated carbocycles. The number of anilines is 1. The van der Waals surface area contributed by atoms with Gasteiger partial charge in [0.1, 0.15) is 11.5 Å². The van der Waals surface area contributed by atoms with Crippen molar-refractivity contribution >= 4 is 11.6 Å². The number of rotatable bonds is 4. The molecule has 3 heterocycles. The molecule has 0 fully saturated rings. The lowest BCUT2D eigenvalue weighted by molar-refractivity contribution is 0.0987. The maximum Gasteiger partial charge on any atom is 0.294 e. The summed E-state index contributed by atoms with van der Waals surface area (Å²) in [5.74, 6) is -1.13. The number of carbonyl (C=O) groups is 1. The smallest absolute Gasteiger partial charge is 0.294 e. The van der Waals surface area contributed by atoms with Gasteiger partial charge in [-0.1, -0.05) is 5.16 Å². The average molecular weight is 348 g/mol. The van der Waals surface area contributed by atoms with Crippen LogP contribution in [0.1, 0.15) is 10.6 Å². The first-order chi connectivity index (χ1) is 12.7. The Hall–Kier alpha value is -3.74. The van der Waals surface area contributed by atoms with Crippen LogP contribution in [-0.2, 0) is 0 Å². The van der Waals surface area contributed by atoms with Crippen molar-refractivity contribution in [2.45, 2.75) is 0 Å². The molecule has 0 atom stereocenters. The summed E-state index contributed by atoms with van der Waals surface area (Å²) in [6.07, 6.45) is 6.89. The van der Waals surface area contributed by atoms with Gasteiger partial charge in [-0.25, -0.2) is 4.39 Å². The number of hydrogen-bond donors (Lipinski definition) is 1. The molecule has 1 aromatic carbocycles. The Kier molecular flexibility index (Phi) is 4.03. The van der Waals surface area contributed by atoms with Gasteiger partial charge in [-0.15, -0.1) is 0 Å². The Morgan fingerprint density at radius 2 is 1.85 bits per heavy atom. The van der Waals surface area contributed by atoms with E-state index in [2.05, 4.69) is 15.5 Å². The molecule has 3 aromatic heterocycles. The van der Waals surface area contributed by atoms with Crippen LogP contribution in [-0.4, -0.2) is 20.6 Å². The number of carbonyl (C=O) groups excluding carboxylic acids is 1. The van der Waals surface area contributed by atoms with Gasteiger partial charge < -0.3 is 14.4 Å². The van der Waals surface area contributed by atoms with Crippen molar-refractivity contribution in [2.24, 2.45) is 0 Å². The van der Waals surface area contributed by atoms with Crippen LogP contribution in [0.15, 0.2) is 77.8 Å². The highest BCUT2D eigenvalue weighted by Gasteiger charge is 2.16. The molecular weight excluding hydrogens is 335 g/mol. The first-order valence-electron chi connectivity index (χ1n) is 7.82. The Labute approximate surface area is 147 Å². The third-order valence-corrected chi connectivity index (χ3v) is 3.81. The maximum absolute atomic E-state index is 14.1. The van der Waals surface area contributed by atoms with Crippen LogP contribution < -0.4 is 5.32 Å². The number of amides is 1. The largest absolute Gasteiger partial charge is 0.350 e. The van der Waals surface area contributed by atoms with Crippen LogP contribution in [0.25, 0.3) is 16.9 Å². The number of halogens is 1. The minimum Gasteiger partial charge on any atom is -0.350 e. The Balaban J connectivity index is 1.57. The minimum atomic E-state index is -0.582. The molecule has 0 aliphatic carbocycles. The summed E-state index contributed by atoms with van der Waals surface area (Å²) in [6, 6.07) is 13.2. The van der Waals surface area contributed by atoms with E-state index in [4.69, 9.17) is 4.52 Å². The standard InChI is InChI=1S/C19H13FN4O2/c20-15-4-3-14(24-9-1-2-10-24)11-17(15)22-19(25)18-12-16(23-26-18)13-5-7-21-8-6-13/h1-12H,(H,22,25). The molecular formula is C19H13FN4O2. The maximum atomic E-state index is 14.1. The Morgan fingerprint density at radius 1 is 1.08 bits per heavy atom. The highest BCUT2D eigenvalue weighted by atomic mass is 19.1. The van der Waals surface area contributed by atoms with Crippen molar-refractivity contribution in [3.63, 3.8) is 0 Å². The summed E-state index contributed by atoms with van der Waals surface area (Å²) < 4.78 is 21.0. The fourth-order valence-electron chi connectivity index (χ4n) is 2.50. The second-order valence-corrected chi connectivity index (χ2v) is 5.52. The summed E-state index contributed by atoms with van der Waals surface area (Å²) >= 11 is 0.